The molecule has 3 aliphatic rings. The third-order valence-electron chi connectivity index (χ3n) is 8.67. The average molecular weight is 718 g/mol. The summed E-state index contributed by atoms with van der Waals surface area (Å²) < 4.78 is 10.7. The highest BCUT2D eigenvalue weighted by Crippen LogP contribution is 2.54. The highest BCUT2D eigenvalue weighted by atomic mass is 32.2. The number of non-ortho nitro benzene ring substituents is 2. The van der Waals surface area contributed by atoms with Gasteiger partial charge in [0.25, 0.3) is 11.4 Å². The average Bonchev–Trinajstić information content (AvgIpc) is 3.63. The molecule has 0 bridgehead atoms. The van der Waals surface area contributed by atoms with Gasteiger partial charge in [0.15, 0.2) is 6.04 Å². The lowest BCUT2D eigenvalue weighted by Crippen LogP contribution is -2.64. The number of hydrogen-bond acceptors (Lipinski definition) is 13. The Bertz CT molecular complexity index is 1590. The number of thioether (sulfide) groups is 2. The Morgan fingerprint density at radius 1 is 1.02 bits per heavy atom. The summed E-state index contributed by atoms with van der Waals surface area (Å²) >= 11 is 2.80. The first kappa shape index (κ1) is 35.9. The first-order valence-electron chi connectivity index (χ1n) is 15.5. The SMILES string of the molecule is CNC(=O)CC[C@@H]1C[C@H](SC2S[C@@H]3[C@@H](C(C)O)C(=O)N3C2C(=O)OCc2ccc([N+](=O)[O-])cc2)CN1C(=O)OCc1ccc([N+](=O)[O-])cc1. The number of carbonyl (C=O) groups is 4. The van der Waals surface area contributed by atoms with Gasteiger partial charge in [-0.3, -0.25) is 29.8 Å². The van der Waals surface area contributed by atoms with Gasteiger partial charge in [-0.15, -0.1) is 23.5 Å². The highest BCUT2D eigenvalue weighted by Gasteiger charge is 2.63. The molecule has 3 unspecified atom stereocenters. The molecule has 16 nitrogen and oxygen atoms in total. The van der Waals surface area contributed by atoms with Gasteiger partial charge >= 0.3 is 12.1 Å². The second-order valence-corrected chi connectivity index (χ2v) is 14.9. The fraction of sp³-hybridized carbons (Fsp3) is 0.484. The molecule has 3 aliphatic heterocycles. The number of hydrogen-bond donors (Lipinski definition) is 2. The number of nitro groups is 2. The number of nitro benzene ring substituents is 2. The summed E-state index contributed by atoms with van der Waals surface area (Å²) in [5.74, 6) is -1.89. The molecule has 2 N–H and O–H groups in total. The van der Waals surface area contributed by atoms with E-state index in [9.17, 15) is 44.5 Å². The molecule has 3 amide bonds. The number of nitrogens with zero attached hydrogens (tertiary/aromatic N) is 4. The Morgan fingerprint density at radius 2 is 1.59 bits per heavy atom. The van der Waals surface area contributed by atoms with Crippen LogP contribution in [0.25, 0.3) is 0 Å². The number of carbonyl (C=O) groups excluding carboxylic acids is 4. The standard InChI is InChI=1S/C31H35N5O11S2/c1-17(37)25-27(39)34-26(29(40)46-15-18-3-7-20(8-4-18)35(42)43)30(49-28(25)34)48-23-13-22(11-12-24(38)32-2)33(14-23)31(41)47-16-19-5-9-21(10-6-19)36(44)45/h3-10,17,22-23,25-26,28,30,37H,11-16H2,1-2H3,(H,32,38)/t17?,22-,23+,25+,26?,28-,30?/m1/s1. The third-order valence-corrected chi connectivity index (χ3v) is 11.9. The molecular weight excluding hydrogens is 682 g/mol. The van der Waals surface area contributed by atoms with Crippen molar-refractivity contribution in [3.8, 4) is 0 Å². The number of amides is 3. The topological polar surface area (TPSA) is 212 Å². The first-order chi connectivity index (χ1) is 23.4. The van der Waals surface area contributed by atoms with E-state index in [2.05, 4.69) is 5.32 Å². The number of β-lactam (4-membered cyclic amide) rings is 1. The molecule has 2 aromatic carbocycles. The fourth-order valence-electron chi connectivity index (χ4n) is 6.05. The predicted molar refractivity (Wildman–Crippen MR) is 177 cm³/mol. The summed E-state index contributed by atoms with van der Waals surface area (Å²) in [7, 11) is 1.52. The molecule has 2 aromatic rings. The van der Waals surface area contributed by atoms with E-state index in [-0.39, 0.29) is 60.7 Å². The van der Waals surface area contributed by atoms with Crippen LogP contribution in [0.5, 0.6) is 0 Å². The number of rotatable bonds is 13. The number of fused-ring (bicyclic) bond motifs is 1. The van der Waals surface area contributed by atoms with E-state index < -0.39 is 49.9 Å². The lowest BCUT2D eigenvalue weighted by molar-refractivity contribution is -0.385. The summed E-state index contributed by atoms with van der Waals surface area (Å²) in [6, 6.07) is 9.87. The monoisotopic (exact) mass is 717 g/mol. The molecule has 0 aliphatic carbocycles. The molecule has 7 atom stereocenters. The maximum Gasteiger partial charge on any atom is 0.410 e. The minimum absolute atomic E-state index is 0.0895. The molecule has 262 valence electrons. The second kappa shape index (κ2) is 15.4. The van der Waals surface area contributed by atoms with Gasteiger partial charge in [0.05, 0.1) is 31.8 Å². The van der Waals surface area contributed by atoms with Crippen molar-refractivity contribution >= 4 is 58.8 Å². The van der Waals surface area contributed by atoms with Gasteiger partial charge in [-0.05, 0) is 55.2 Å². The number of esters is 1. The fourth-order valence-corrected chi connectivity index (χ4v) is 10.0. The molecular formula is C31H35N5O11S2. The lowest BCUT2D eigenvalue weighted by atomic mass is 9.91. The Morgan fingerprint density at radius 3 is 2.12 bits per heavy atom. The van der Waals surface area contributed by atoms with Crippen LogP contribution in [0, 0.1) is 26.1 Å². The van der Waals surface area contributed by atoms with Gasteiger partial charge in [0.1, 0.15) is 13.2 Å². The van der Waals surface area contributed by atoms with E-state index in [1.165, 1.54) is 90.9 Å². The molecule has 3 heterocycles. The molecule has 5 rings (SSSR count). The largest absolute Gasteiger partial charge is 0.459 e. The van der Waals surface area contributed by atoms with Crippen LogP contribution in [-0.4, -0.2) is 95.6 Å². The predicted octanol–water partition coefficient (Wildman–Crippen LogP) is 3.19. The number of aliphatic hydroxyl groups is 1. The number of nitrogens with one attached hydrogen (secondary N) is 1. The minimum Gasteiger partial charge on any atom is -0.459 e. The lowest BCUT2D eigenvalue weighted by Gasteiger charge is -2.44. The summed E-state index contributed by atoms with van der Waals surface area (Å²) in [6.45, 7) is 1.48. The van der Waals surface area contributed by atoms with E-state index in [1.54, 1.807) is 4.90 Å². The molecule has 3 fully saturated rings. The molecule has 3 saturated heterocycles. The summed E-state index contributed by atoms with van der Waals surface area (Å²) in [6.07, 6.45) is -0.535. The van der Waals surface area contributed by atoms with Crippen molar-refractivity contribution < 1.29 is 43.6 Å². The van der Waals surface area contributed by atoms with Crippen LogP contribution in [0.1, 0.15) is 37.3 Å². The number of benzene rings is 2. The number of likely N-dealkylation sites (tertiary alicyclic amines) is 1. The Balaban J connectivity index is 1.27. The van der Waals surface area contributed by atoms with E-state index in [0.29, 0.717) is 24.0 Å². The Hall–Kier alpha value is -4.42. The Labute approximate surface area is 289 Å². The minimum atomic E-state index is -0.979. The zero-order valence-electron chi connectivity index (χ0n) is 26.5. The van der Waals surface area contributed by atoms with Crippen LogP contribution in [0.15, 0.2) is 48.5 Å². The second-order valence-electron chi connectivity index (χ2n) is 11.9. The molecule has 0 spiro atoms. The van der Waals surface area contributed by atoms with Gasteiger partial charge in [-0.2, -0.15) is 0 Å². The molecule has 49 heavy (non-hydrogen) atoms. The smallest absolute Gasteiger partial charge is 0.410 e. The van der Waals surface area contributed by atoms with E-state index in [0.717, 1.165) is 0 Å². The molecule has 0 saturated carbocycles. The third kappa shape index (κ3) is 8.08. The summed E-state index contributed by atoms with van der Waals surface area (Å²) in [5, 5.41) is 34.1. The van der Waals surface area contributed by atoms with Crippen LogP contribution in [0.3, 0.4) is 0 Å². The van der Waals surface area contributed by atoms with Crippen molar-refractivity contribution in [2.24, 2.45) is 5.92 Å². The zero-order valence-corrected chi connectivity index (χ0v) is 28.2. The van der Waals surface area contributed by atoms with Crippen molar-refractivity contribution in [1.29, 1.82) is 0 Å². The normalized spacial score (nSPS) is 24.8. The summed E-state index contributed by atoms with van der Waals surface area (Å²) in [5.41, 5.74) is 0.893. The summed E-state index contributed by atoms with van der Waals surface area (Å²) in [4.78, 5) is 75.9. The van der Waals surface area contributed by atoms with Crippen molar-refractivity contribution in [2.75, 3.05) is 13.6 Å². The van der Waals surface area contributed by atoms with E-state index in [1.807, 2.05) is 0 Å². The van der Waals surface area contributed by atoms with Crippen molar-refractivity contribution in [3.63, 3.8) is 0 Å². The van der Waals surface area contributed by atoms with Crippen LogP contribution in [0.4, 0.5) is 16.2 Å². The number of ether oxygens (including phenoxy) is 2. The van der Waals surface area contributed by atoms with Crippen LogP contribution < -0.4 is 5.32 Å². The van der Waals surface area contributed by atoms with Crippen LogP contribution >= 0.6 is 23.5 Å². The number of aliphatic hydroxyl groups excluding tert-OH is 1. The first-order valence-corrected chi connectivity index (χ1v) is 17.3. The van der Waals surface area contributed by atoms with E-state index >= 15 is 0 Å². The van der Waals surface area contributed by atoms with Gasteiger partial charge in [-0.1, -0.05) is 0 Å². The van der Waals surface area contributed by atoms with Gasteiger partial charge in [-0.25, -0.2) is 9.59 Å². The van der Waals surface area contributed by atoms with Crippen LogP contribution in [-0.2, 0) is 37.1 Å². The van der Waals surface area contributed by atoms with Crippen molar-refractivity contribution in [2.45, 2.75) is 72.8 Å². The maximum absolute atomic E-state index is 13.5. The zero-order chi connectivity index (χ0) is 35.4. The quantitative estimate of drug-likeness (QED) is 0.132. The maximum atomic E-state index is 13.5. The van der Waals surface area contributed by atoms with Crippen LogP contribution in [0.2, 0.25) is 0 Å². The van der Waals surface area contributed by atoms with Crippen molar-refractivity contribution in [1.82, 2.24) is 15.1 Å². The van der Waals surface area contributed by atoms with Crippen molar-refractivity contribution in [3.05, 3.63) is 79.9 Å². The Kier molecular flexibility index (Phi) is 11.3. The molecule has 0 radical (unpaired) electrons. The van der Waals surface area contributed by atoms with Gasteiger partial charge in [0.2, 0.25) is 11.8 Å². The molecule has 18 heteroatoms. The molecule has 0 aromatic heterocycles. The van der Waals surface area contributed by atoms with E-state index in [4.69, 9.17) is 9.47 Å². The van der Waals surface area contributed by atoms with Gasteiger partial charge in [0, 0.05) is 55.6 Å². The van der Waals surface area contributed by atoms with Gasteiger partial charge < -0.3 is 29.7 Å². The highest BCUT2D eigenvalue weighted by molar-refractivity contribution is 8.18.